The van der Waals surface area contributed by atoms with Gasteiger partial charge < -0.3 is 18.2 Å². The maximum Gasteiger partial charge on any atom is 0.196 e. The molecule has 0 atom stereocenters. The first-order valence-electron chi connectivity index (χ1n) is 12.6. The van der Waals surface area contributed by atoms with Crippen molar-refractivity contribution >= 4 is 28.7 Å². The summed E-state index contributed by atoms with van der Waals surface area (Å²) < 4.78 is 17.8. The van der Waals surface area contributed by atoms with Crippen LogP contribution >= 0.6 is 12.0 Å². The van der Waals surface area contributed by atoms with Crippen LogP contribution in [0, 0.1) is 6.92 Å². The second-order valence-electron chi connectivity index (χ2n) is 9.13. The Labute approximate surface area is 222 Å². The van der Waals surface area contributed by atoms with E-state index in [2.05, 4.69) is 21.9 Å². The Balaban J connectivity index is 1.15. The Morgan fingerprint density at radius 2 is 1.68 bits per heavy atom. The van der Waals surface area contributed by atoms with Gasteiger partial charge in [0.15, 0.2) is 5.43 Å². The van der Waals surface area contributed by atoms with E-state index in [1.807, 2.05) is 67.6 Å². The highest BCUT2D eigenvalue weighted by Gasteiger charge is 2.19. The van der Waals surface area contributed by atoms with Gasteiger partial charge in [-0.2, -0.15) is 0 Å². The minimum atomic E-state index is 0.0140. The van der Waals surface area contributed by atoms with Crippen molar-refractivity contribution < 1.29 is 13.3 Å². The smallest absolute Gasteiger partial charge is 0.196 e. The first kappa shape index (κ1) is 25.4. The van der Waals surface area contributed by atoms with Crippen molar-refractivity contribution in [2.24, 2.45) is 0 Å². The van der Waals surface area contributed by atoms with Crippen molar-refractivity contribution in [3.05, 3.63) is 94.1 Å². The molecule has 37 heavy (non-hydrogen) atoms. The molecule has 7 heteroatoms. The molecule has 0 spiro atoms. The largest absolute Gasteiger partial charge is 0.495 e. The molecule has 0 saturated carbocycles. The Morgan fingerprint density at radius 3 is 2.46 bits per heavy atom. The molecule has 0 amide bonds. The summed E-state index contributed by atoms with van der Waals surface area (Å²) >= 11 is 1.41. The Kier molecular flexibility index (Phi) is 8.14. The predicted molar refractivity (Wildman–Crippen MR) is 152 cm³/mol. The van der Waals surface area contributed by atoms with Crippen molar-refractivity contribution in [1.29, 1.82) is 0 Å². The molecule has 1 aliphatic rings. The van der Waals surface area contributed by atoms with E-state index in [-0.39, 0.29) is 5.43 Å². The fraction of sp³-hybridized carbons (Fsp3) is 0.300. The van der Waals surface area contributed by atoms with Crippen LogP contribution in [0.2, 0.25) is 0 Å². The lowest BCUT2D eigenvalue weighted by Crippen LogP contribution is -2.47. The Bertz CT molecular complexity index is 1400. The van der Waals surface area contributed by atoms with E-state index < -0.39 is 0 Å². The highest BCUT2D eigenvalue weighted by atomic mass is 32.2. The van der Waals surface area contributed by atoms with Crippen LogP contribution < -0.4 is 15.1 Å². The van der Waals surface area contributed by atoms with Gasteiger partial charge in [-0.15, -0.1) is 0 Å². The number of hydrogen-bond acceptors (Lipinski definition) is 7. The Hall–Kier alpha value is -3.26. The van der Waals surface area contributed by atoms with Crippen molar-refractivity contribution in [2.75, 3.05) is 51.3 Å². The highest BCUT2D eigenvalue weighted by molar-refractivity contribution is 7.93. The van der Waals surface area contributed by atoms with Crippen LogP contribution in [0.5, 0.6) is 5.75 Å². The molecule has 1 saturated heterocycles. The molecule has 4 aromatic rings. The number of para-hydroxylation sites is 3. The van der Waals surface area contributed by atoms with Gasteiger partial charge in [-0.3, -0.25) is 9.69 Å². The van der Waals surface area contributed by atoms with E-state index in [4.69, 9.17) is 13.3 Å². The van der Waals surface area contributed by atoms with E-state index in [9.17, 15) is 4.79 Å². The summed E-state index contributed by atoms with van der Waals surface area (Å²) in [7, 11) is 1.72. The van der Waals surface area contributed by atoms with Crippen LogP contribution in [0.1, 0.15) is 11.1 Å². The van der Waals surface area contributed by atoms with Gasteiger partial charge in [-0.25, -0.2) is 0 Å². The molecule has 0 unspecified atom stereocenters. The first-order chi connectivity index (χ1) is 18.2. The van der Waals surface area contributed by atoms with Crippen molar-refractivity contribution in [3.8, 4) is 17.1 Å². The molecule has 5 rings (SSSR count). The lowest BCUT2D eigenvalue weighted by Gasteiger charge is -2.36. The third kappa shape index (κ3) is 5.69. The van der Waals surface area contributed by atoms with Crippen molar-refractivity contribution in [2.45, 2.75) is 12.7 Å². The molecule has 2 heterocycles. The van der Waals surface area contributed by atoms with Gasteiger partial charge >= 0.3 is 0 Å². The monoisotopic (exact) mass is 516 g/mol. The molecular weight excluding hydrogens is 484 g/mol. The van der Waals surface area contributed by atoms with Gasteiger partial charge in [0, 0.05) is 55.2 Å². The zero-order chi connectivity index (χ0) is 25.6. The van der Waals surface area contributed by atoms with Gasteiger partial charge in [-0.1, -0.05) is 54.6 Å². The number of nitrogens with zero attached hydrogens (tertiary/aromatic N) is 2. The summed E-state index contributed by atoms with van der Waals surface area (Å²) in [6.45, 7) is 7.26. The van der Waals surface area contributed by atoms with Crippen LogP contribution in [0.25, 0.3) is 22.3 Å². The number of ether oxygens (including phenoxy) is 1. The summed E-state index contributed by atoms with van der Waals surface area (Å²) in [5.74, 6) is 2.16. The second-order valence-corrected chi connectivity index (χ2v) is 9.89. The third-order valence-corrected chi connectivity index (χ3v) is 7.61. The van der Waals surface area contributed by atoms with E-state index in [1.165, 1.54) is 12.0 Å². The number of piperazine rings is 1. The normalized spacial score (nSPS) is 14.3. The van der Waals surface area contributed by atoms with Crippen LogP contribution in [0.15, 0.2) is 82.0 Å². The minimum absolute atomic E-state index is 0.0140. The van der Waals surface area contributed by atoms with Crippen LogP contribution in [-0.2, 0) is 9.94 Å². The van der Waals surface area contributed by atoms with E-state index in [0.29, 0.717) is 34.7 Å². The fourth-order valence-electron chi connectivity index (χ4n) is 4.78. The number of anilines is 1. The molecule has 6 nitrogen and oxygen atoms in total. The van der Waals surface area contributed by atoms with E-state index >= 15 is 0 Å². The summed E-state index contributed by atoms with van der Waals surface area (Å²) in [6, 6.07) is 23.7. The van der Waals surface area contributed by atoms with Gasteiger partial charge in [-0.05, 0) is 37.2 Å². The van der Waals surface area contributed by atoms with Gasteiger partial charge in [0.1, 0.15) is 17.1 Å². The molecule has 1 aliphatic heterocycles. The Morgan fingerprint density at radius 1 is 0.919 bits per heavy atom. The molecule has 0 N–H and O–H groups in total. The highest BCUT2D eigenvalue weighted by Crippen LogP contribution is 2.30. The molecule has 3 aromatic carbocycles. The average Bonchev–Trinajstić information content (AvgIpc) is 2.95. The van der Waals surface area contributed by atoms with E-state index in [0.717, 1.165) is 55.3 Å². The number of rotatable bonds is 9. The first-order valence-corrected chi connectivity index (χ1v) is 13.5. The summed E-state index contributed by atoms with van der Waals surface area (Å²) in [5, 5.41) is 0.614. The molecule has 0 aliphatic carbocycles. The van der Waals surface area contributed by atoms with Crippen molar-refractivity contribution in [3.63, 3.8) is 0 Å². The zero-order valence-corrected chi connectivity index (χ0v) is 22.1. The molecule has 0 bridgehead atoms. The molecule has 1 aromatic heterocycles. The molecule has 0 radical (unpaired) electrons. The topological polar surface area (TPSA) is 55.2 Å². The molecule has 1 fully saturated rings. The lowest BCUT2D eigenvalue weighted by atomic mass is 10.0. The van der Waals surface area contributed by atoms with E-state index in [1.54, 1.807) is 7.11 Å². The number of fused-ring (bicyclic) bond motifs is 1. The maximum atomic E-state index is 13.1. The molecular formula is C30H32N2O4S. The van der Waals surface area contributed by atoms with Gasteiger partial charge in [0.2, 0.25) is 0 Å². The standard InChI is InChI=1S/C30H32N2O4S/c1-22-28(33)25-12-8-11-24(30(25)36-29(22)23-9-4-3-5-10-23)21-37-35-20-19-31-15-17-32(18-16-31)26-13-6-7-14-27(26)34-2/h3-14H,15-21H2,1-2H3. The summed E-state index contributed by atoms with van der Waals surface area (Å²) in [4.78, 5) is 17.9. The number of hydrogen-bond donors (Lipinski definition) is 0. The zero-order valence-electron chi connectivity index (χ0n) is 21.3. The third-order valence-electron chi connectivity index (χ3n) is 6.85. The lowest BCUT2D eigenvalue weighted by molar-refractivity contribution is 0.214. The summed E-state index contributed by atoms with van der Waals surface area (Å²) in [6.07, 6.45) is 0. The maximum absolute atomic E-state index is 13.1. The van der Waals surface area contributed by atoms with Gasteiger partial charge in [0.05, 0.1) is 24.8 Å². The van der Waals surface area contributed by atoms with Crippen LogP contribution in [0.3, 0.4) is 0 Å². The fourth-order valence-corrected chi connectivity index (χ4v) is 5.41. The van der Waals surface area contributed by atoms with Crippen LogP contribution in [-0.4, -0.2) is 51.3 Å². The number of methoxy groups -OCH3 is 1. The second kappa shape index (κ2) is 11.9. The molecule has 192 valence electrons. The average molecular weight is 517 g/mol. The predicted octanol–water partition coefficient (Wildman–Crippen LogP) is 5.76. The number of benzene rings is 3. The quantitative estimate of drug-likeness (QED) is 0.207. The summed E-state index contributed by atoms with van der Waals surface area (Å²) in [5.41, 5.74) is 4.31. The minimum Gasteiger partial charge on any atom is -0.495 e. The van der Waals surface area contributed by atoms with Crippen molar-refractivity contribution in [1.82, 2.24) is 4.90 Å². The SMILES string of the molecule is COc1ccccc1N1CCN(CCOSCc2cccc3c(=O)c(C)c(-c4ccccc4)oc23)CC1. The van der Waals surface area contributed by atoms with Crippen LogP contribution in [0.4, 0.5) is 5.69 Å². The van der Waals surface area contributed by atoms with Gasteiger partial charge in [0.25, 0.3) is 0 Å².